The van der Waals surface area contributed by atoms with E-state index in [2.05, 4.69) is 53.7 Å². The maximum Gasteiger partial charge on any atom is 0.0826 e. The molecule has 0 bridgehead atoms. The quantitative estimate of drug-likeness (QED) is 0.636. The fourth-order valence-electron chi connectivity index (χ4n) is 2.64. The van der Waals surface area contributed by atoms with Gasteiger partial charge in [-0.25, -0.2) is 0 Å². The van der Waals surface area contributed by atoms with Crippen LogP contribution in [-0.2, 0) is 9.47 Å². The van der Waals surface area contributed by atoms with E-state index in [9.17, 15) is 0 Å². The molecule has 0 heterocycles. The Morgan fingerprint density at radius 1 is 0.947 bits per heavy atom. The van der Waals surface area contributed by atoms with Gasteiger partial charge < -0.3 is 9.47 Å². The number of hydrogen-bond acceptors (Lipinski definition) is 2. The Balaban J connectivity index is 2.91. The minimum absolute atomic E-state index is 0.207. The lowest BCUT2D eigenvalue weighted by molar-refractivity contribution is 0.0155. The molecule has 0 aromatic rings. The van der Waals surface area contributed by atoms with Crippen LogP contribution in [0.1, 0.15) is 60.8 Å². The van der Waals surface area contributed by atoms with Gasteiger partial charge in [0, 0.05) is 0 Å². The summed E-state index contributed by atoms with van der Waals surface area (Å²) in [5.41, 5.74) is 2.77. The predicted octanol–water partition coefficient (Wildman–Crippen LogP) is 4.65. The molecule has 2 nitrogen and oxygen atoms in total. The van der Waals surface area contributed by atoms with Crippen molar-refractivity contribution in [3.63, 3.8) is 0 Å². The third-order valence-corrected chi connectivity index (χ3v) is 3.36. The third kappa shape index (κ3) is 4.77. The van der Waals surface area contributed by atoms with Gasteiger partial charge in [0.2, 0.25) is 0 Å². The van der Waals surface area contributed by atoms with E-state index in [-0.39, 0.29) is 24.4 Å². The molecule has 1 aliphatic carbocycles. The highest BCUT2D eigenvalue weighted by atomic mass is 16.5. The fourth-order valence-corrected chi connectivity index (χ4v) is 2.64. The van der Waals surface area contributed by atoms with Crippen LogP contribution in [0.4, 0.5) is 0 Å². The number of ether oxygens (including phenoxy) is 2. The zero-order chi connectivity index (χ0) is 14.4. The van der Waals surface area contributed by atoms with E-state index in [1.807, 2.05) is 0 Å². The number of allylic oxidation sites excluding steroid dienone is 1. The Kier molecular flexibility index (Phi) is 6.81. The van der Waals surface area contributed by atoms with Crippen LogP contribution in [-0.4, -0.2) is 24.4 Å². The van der Waals surface area contributed by atoms with Crippen LogP contribution < -0.4 is 0 Å². The van der Waals surface area contributed by atoms with E-state index in [1.165, 1.54) is 11.1 Å². The zero-order valence-corrected chi connectivity index (χ0v) is 13.4. The molecular formula is C17H30O2. The van der Waals surface area contributed by atoms with Gasteiger partial charge in [-0.3, -0.25) is 0 Å². The van der Waals surface area contributed by atoms with E-state index in [0.717, 1.165) is 19.3 Å². The largest absolute Gasteiger partial charge is 0.371 e. The van der Waals surface area contributed by atoms with E-state index < -0.39 is 0 Å². The Morgan fingerprint density at radius 2 is 1.47 bits per heavy atom. The Hall–Kier alpha value is -0.600. The number of rotatable bonds is 8. The summed E-state index contributed by atoms with van der Waals surface area (Å²) in [5, 5.41) is 0. The molecule has 0 aromatic carbocycles. The van der Waals surface area contributed by atoms with Crippen molar-refractivity contribution in [1.82, 2.24) is 0 Å². The highest BCUT2D eigenvalue weighted by Gasteiger charge is 2.25. The molecule has 1 rings (SSSR count). The smallest absolute Gasteiger partial charge is 0.0826 e. The molecule has 0 N–H and O–H groups in total. The molecule has 19 heavy (non-hydrogen) atoms. The maximum absolute atomic E-state index is 6.06. The monoisotopic (exact) mass is 266 g/mol. The molecule has 0 saturated carbocycles. The van der Waals surface area contributed by atoms with Crippen LogP contribution in [0, 0.1) is 0 Å². The lowest BCUT2D eigenvalue weighted by Crippen LogP contribution is -2.24. The van der Waals surface area contributed by atoms with Gasteiger partial charge >= 0.3 is 0 Å². The Bertz CT molecular complexity index is 326. The molecule has 0 radical (unpaired) electrons. The van der Waals surface area contributed by atoms with Gasteiger partial charge in [0.15, 0.2) is 0 Å². The second kappa shape index (κ2) is 7.86. The summed E-state index contributed by atoms with van der Waals surface area (Å²) >= 11 is 0. The van der Waals surface area contributed by atoms with Crippen molar-refractivity contribution in [3.05, 3.63) is 23.3 Å². The van der Waals surface area contributed by atoms with Crippen molar-refractivity contribution in [1.29, 1.82) is 0 Å². The number of hydrogen-bond donors (Lipinski definition) is 0. The summed E-state index contributed by atoms with van der Waals surface area (Å²) in [5.74, 6) is 0. The molecule has 110 valence electrons. The summed E-state index contributed by atoms with van der Waals surface area (Å²) < 4.78 is 12.1. The average Bonchev–Trinajstić information content (AvgIpc) is 2.81. The minimum Gasteiger partial charge on any atom is -0.371 e. The predicted molar refractivity (Wildman–Crippen MR) is 81.4 cm³/mol. The Morgan fingerprint density at radius 3 is 1.95 bits per heavy atom. The van der Waals surface area contributed by atoms with E-state index in [0.29, 0.717) is 0 Å². The van der Waals surface area contributed by atoms with Crippen LogP contribution in [0.3, 0.4) is 0 Å². The lowest BCUT2D eigenvalue weighted by atomic mass is 9.97. The molecule has 0 spiro atoms. The van der Waals surface area contributed by atoms with Gasteiger partial charge in [-0.05, 0) is 58.1 Å². The average molecular weight is 266 g/mol. The fraction of sp³-hybridized carbons (Fsp3) is 0.765. The van der Waals surface area contributed by atoms with E-state index in [4.69, 9.17) is 9.47 Å². The summed E-state index contributed by atoms with van der Waals surface area (Å²) in [6, 6.07) is 0. The maximum atomic E-state index is 6.06. The highest BCUT2D eigenvalue weighted by Crippen LogP contribution is 2.31. The topological polar surface area (TPSA) is 18.5 Å². The van der Waals surface area contributed by atoms with Crippen LogP contribution in [0.2, 0.25) is 0 Å². The van der Waals surface area contributed by atoms with Gasteiger partial charge in [-0.1, -0.05) is 26.0 Å². The summed E-state index contributed by atoms with van der Waals surface area (Å²) in [6.07, 6.45) is 8.49. The van der Waals surface area contributed by atoms with Crippen LogP contribution in [0.25, 0.3) is 0 Å². The summed E-state index contributed by atoms with van der Waals surface area (Å²) in [6.45, 7) is 12.8. The van der Waals surface area contributed by atoms with Crippen LogP contribution >= 0.6 is 0 Å². The molecule has 0 aromatic heterocycles. The standard InChI is InChI=1S/C17H30O2/c1-7-16(18-12(3)4)14-10-9-11-15(14)17(8-2)19-13(5)6/h9-10,12-13,16-17H,7-8,11H2,1-6H3. The summed E-state index contributed by atoms with van der Waals surface area (Å²) in [4.78, 5) is 0. The van der Waals surface area contributed by atoms with E-state index >= 15 is 0 Å². The van der Waals surface area contributed by atoms with Gasteiger partial charge in [-0.2, -0.15) is 0 Å². The van der Waals surface area contributed by atoms with Crippen molar-refractivity contribution in [2.45, 2.75) is 85.2 Å². The van der Waals surface area contributed by atoms with Crippen LogP contribution in [0.5, 0.6) is 0 Å². The molecule has 2 unspecified atom stereocenters. The van der Waals surface area contributed by atoms with Gasteiger partial charge in [0.25, 0.3) is 0 Å². The molecule has 0 amide bonds. The van der Waals surface area contributed by atoms with Crippen molar-refractivity contribution in [3.8, 4) is 0 Å². The lowest BCUT2D eigenvalue weighted by Gasteiger charge is -2.26. The normalized spacial score (nSPS) is 18.7. The molecule has 0 saturated heterocycles. The third-order valence-electron chi connectivity index (χ3n) is 3.36. The Labute approximate surface area is 118 Å². The summed E-state index contributed by atoms with van der Waals surface area (Å²) in [7, 11) is 0. The minimum atomic E-state index is 0.207. The SMILES string of the molecule is CCC(OC(C)C)C1=C(C(CC)OC(C)C)CC=C1. The first-order valence-electron chi connectivity index (χ1n) is 7.69. The van der Waals surface area contributed by atoms with Crippen molar-refractivity contribution in [2.24, 2.45) is 0 Å². The molecule has 2 atom stereocenters. The molecule has 2 heteroatoms. The van der Waals surface area contributed by atoms with Gasteiger partial charge in [0.05, 0.1) is 24.4 Å². The van der Waals surface area contributed by atoms with Crippen molar-refractivity contribution in [2.75, 3.05) is 0 Å². The molecular weight excluding hydrogens is 236 g/mol. The molecule has 0 aliphatic heterocycles. The first kappa shape index (κ1) is 16.5. The van der Waals surface area contributed by atoms with Crippen molar-refractivity contribution < 1.29 is 9.47 Å². The molecule has 1 aliphatic rings. The second-order valence-electron chi connectivity index (χ2n) is 5.75. The van der Waals surface area contributed by atoms with Crippen LogP contribution in [0.15, 0.2) is 23.3 Å². The molecule has 0 fully saturated rings. The van der Waals surface area contributed by atoms with E-state index in [1.54, 1.807) is 0 Å². The van der Waals surface area contributed by atoms with Gasteiger partial charge in [-0.15, -0.1) is 0 Å². The van der Waals surface area contributed by atoms with Gasteiger partial charge in [0.1, 0.15) is 0 Å². The first-order valence-corrected chi connectivity index (χ1v) is 7.69. The second-order valence-corrected chi connectivity index (χ2v) is 5.75. The highest BCUT2D eigenvalue weighted by molar-refractivity contribution is 5.39. The zero-order valence-electron chi connectivity index (χ0n) is 13.4. The van der Waals surface area contributed by atoms with Crippen molar-refractivity contribution >= 4 is 0 Å². The first-order chi connectivity index (χ1) is 8.99.